The second kappa shape index (κ2) is 6.77. The Morgan fingerprint density at radius 1 is 1.08 bits per heavy atom. The number of carbonyl (C=O) groups is 2. The molecular weight excluding hydrogens is 318 g/mol. The van der Waals surface area contributed by atoms with Gasteiger partial charge in [0, 0.05) is 25.7 Å². The number of likely N-dealkylation sites (tertiary alicyclic amines) is 1. The Hall–Kier alpha value is -1.92. The van der Waals surface area contributed by atoms with Gasteiger partial charge in [-0.05, 0) is 31.2 Å². The summed E-state index contributed by atoms with van der Waals surface area (Å²) in [6.45, 7) is 2.00. The molecule has 0 bridgehead atoms. The molecule has 6 nitrogen and oxygen atoms in total. The Bertz CT molecular complexity index is 651. The van der Waals surface area contributed by atoms with Gasteiger partial charge in [-0.25, -0.2) is 0 Å². The van der Waals surface area contributed by atoms with Crippen LogP contribution in [0.15, 0.2) is 30.3 Å². The third-order valence-corrected chi connectivity index (χ3v) is 5.84. The minimum absolute atomic E-state index is 0.0295. The zero-order chi connectivity index (χ0) is 17.4. The van der Waals surface area contributed by atoms with Gasteiger partial charge in [-0.2, -0.15) is 0 Å². The number of fused-ring (bicyclic) bond motifs is 1. The number of benzene rings is 1. The van der Waals surface area contributed by atoms with Crippen molar-refractivity contribution in [3.8, 4) is 0 Å². The summed E-state index contributed by atoms with van der Waals surface area (Å²) >= 11 is 0. The van der Waals surface area contributed by atoms with Gasteiger partial charge in [-0.1, -0.05) is 30.3 Å². The number of piperazine rings is 1. The van der Waals surface area contributed by atoms with E-state index in [9.17, 15) is 14.7 Å². The molecule has 1 aliphatic carbocycles. The highest BCUT2D eigenvalue weighted by molar-refractivity contribution is 6.35. The van der Waals surface area contributed by atoms with Crippen molar-refractivity contribution in [1.82, 2.24) is 15.1 Å². The van der Waals surface area contributed by atoms with Gasteiger partial charge in [0.2, 0.25) is 0 Å². The fourth-order valence-corrected chi connectivity index (χ4v) is 4.64. The summed E-state index contributed by atoms with van der Waals surface area (Å²) in [5.74, 6) is -0.920. The second-order valence-electron chi connectivity index (χ2n) is 7.42. The number of aliphatic hydroxyl groups excluding tert-OH is 1. The molecule has 2 aliphatic heterocycles. The summed E-state index contributed by atoms with van der Waals surface area (Å²) in [6.07, 6.45) is 3.46. The topological polar surface area (TPSA) is 72.9 Å². The first-order chi connectivity index (χ1) is 12.1. The van der Waals surface area contributed by atoms with E-state index in [1.54, 1.807) is 4.90 Å². The summed E-state index contributed by atoms with van der Waals surface area (Å²) < 4.78 is 0. The summed E-state index contributed by atoms with van der Waals surface area (Å²) in [7, 11) is 0. The van der Waals surface area contributed by atoms with E-state index in [0.29, 0.717) is 13.1 Å². The highest BCUT2D eigenvalue weighted by Gasteiger charge is 2.47. The van der Waals surface area contributed by atoms with Crippen LogP contribution in [-0.4, -0.2) is 64.0 Å². The van der Waals surface area contributed by atoms with Gasteiger partial charge in [0.15, 0.2) is 0 Å². The van der Waals surface area contributed by atoms with Crippen LogP contribution in [-0.2, 0) is 16.1 Å². The van der Waals surface area contributed by atoms with Crippen LogP contribution in [0.4, 0.5) is 0 Å². The summed E-state index contributed by atoms with van der Waals surface area (Å²) in [5, 5.41) is 12.8. The SMILES string of the molecule is O=C1NC2C(N3CCC(O)C3)CCCC2N(Cc2ccccc2)C1=O. The van der Waals surface area contributed by atoms with E-state index >= 15 is 0 Å². The van der Waals surface area contributed by atoms with Crippen LogP contribution < -0.4 is 5.32 Å². The molecule has 1 aromatic rings. The van der Waals surface area contributed by atoms with E-state index in [4.69, 9.17) is 0 Å². The monoisotopic (exact) mass is 343 g/mol. The fourth-order valence-electron chi connectivity index (χ4n) is 4.64. The molecule has 0 aromatic heterocycles. The maximum Gasteiger partial charge on any atom is 0.312 e. The van der Waals surface area contributed by atoms with Crippen LogP contribution in [0.1, 0.15) is 31.2 Å². The first-order valence-corrected chi connectivity index (χ1v) is 9.21. The average Bonchev–Trinajstić information content (AvgIpc) is 3.05. The van der Waals surface area contributed by atoms with Crippen molar-refractivity contribution in [2.24, 2.45) is 0 Å². The minimum Gasteiger partial charge on any atom is -0.392 e. The Morgan fingerprint density at radius 2 is 1.84 bits per heavy atom. The normalized spacial score (nSPS) is 33.2. The molecule has 2 saturated heterocycles. The number of hydrogen-bond donors (Lipinski definition) is 2. The van der Waals surface area contributed by atoms with Crippen LogP contribution in [0.25, 0.3) is 0 Å². The van der Waals surface area contributed by atoms with Crippen LogP contribution in [0, 0.1) is 0 Å². The van der Waals surface area contributed by atoms with Gasteiger partial charge in [0.1, 0.15) is 0 Å². The number of nitrogens with zero attached hydrogens (tertiary/aromatic N) is 2. The lowest BCUT2D eigenvalue weighted by Gasteiger charge is -2.49. The van der Waals surface area contributed by atoms with Crippen molar-refractivity contribution >= 4 is 11.8 Å². The molecule has 2 heterocycles. The van der Waals surface area contributed by atoms with Crippen molar-refractivity contribution in [1.29, 1.82) is 0 Å². The molecular formula is C19H25N3O3. The first kappa shape index (κ1) is 16.5. The molecule has 1 aromatic carbocycles. The zero-order valence-electron chi connectivity index (χ0n) is 14.3. The lowest BCUT2D eigenvalue weighted by atomic mass is 9.82. The van der Waals surface area contributed by atoms with Gasteiger partial charge >= 0.3 is 11.8 Å². The van der Waals surface area contributed by atoms with E-state index in [0.717, 1.165) is 37.8 Å². The standard InChI is InChI=1S/C19H25N3O3/c23-14-9-10-21(12-14)15-7-4-8-16-17(15)20-18(24)19(25)22(16)11-13-5-2-1-3-6-13/h1-3,5-6,14-17,23H,4,7-12H2,(H,20,24). The lowest BCUT2D eigenvalue weighted by molar-refractivity contribution is -0.155. The van der Waals surface area contributed by atoms with E-state index in [-0.39, 0.29) is 24.2 Å². The Kier molecular flexibility index (Phi) is 4.48. The molecule has 134 valence electrons. The van der Waals surface area contributed by atoms with Crippen molar-refractivity contribution < 1.29 is 14.7 Å². The molecule has 3 fully saturated rings. The summed E-state index contributed by atoms with van der Waals surface area (Å²) in [4.78, 5) is 28.9. The van der Waals surface area contributed by atoms with Crippen LogP contribution in [0.5, 0.6) is 0 Å². The second-order valence-corrected chi connectivity index (χ2v) is 7.42. The van der Waals surface area contributed by atoms with E-state index in [2.05, 4.69) is 10.2 Å². The first-order valence-electron chi connectivity index (χ1n) is 9.21. The average molecular weight is 343 g/mol. The number of β-amino-alcohol motifs (C(OH)–C–C–N with tert-alkyl or cyclic N) is 1. The maximum atomic E-state index is 12.5. The number of nitrogens with one attached hydrogen (secondary N) is 1. The maximum absolute atomic E-state index is 12.5. The van der Waals surface area contributed by atoms with Crippen molar-refractivity contribution in [3.63, 3.8) is 0 Å². The minimum atomic E-state index is -0.496. The van der Waals surface area contributed by atoms with Gasteiger partial charge in [-0.3, -0.25) is 14.5 Å². The number of hydrogen-bond acceptors (Lipinski definition) is 4. The Labute approximate surface area is 147 Å². The molecule has 1 saturated carbocycles. The molecule has 4 rings (SSSR count). The number of aliphatic hydroxyl groups is 1. The van der Waals surface area contributed by atoms with Gasteiger partial charge in [0.25, 0.3) is 0 Å². The van der Waals surface area contributed by atoms with E-state index < -0.39 is 11.8 Å². The third-order valence-electron chi connectivity index (χ3n) is 5.84. The Balaban J connectivity index is 1.57. The van der Waals surface area contributed by atoms with Crippen LogP contribution in [0.2, 0.25) is 0 Å². The lowest BCUT2D eigenvalue weighted by Crippen LogP contribution is -2.70. The molecule has 4 atom stereocenters. The molecule has 0 spiro atoms. The Morgan fingerprint density at radius 3 is 2.56 bits per heavy atom. The van der Waals surface area contributed by atoms with Crippen molar-refractivity contribution in [2.45, 2.75) is 56.5 Å². The molecule has 6 heteroatoms. The number of carbonyl (C=O) groups excluding carboxylic acids is 2. The molecule has 25 heavy (non-hydrogen) atoms. The summed E-state index contributed by atoms with van der Waals surface area (Å²) in [5.41, 5.74) is 1.04. The molecule has 2 N–H and O–H groups in total. The van der Waals surface area contributed by atoms with Gasteiger partial charge in [0.05, 0.1) is 18.2 Å². The number of amides is 2. The van der Waals surface area contributed by atoms with Gasteiger partial charge in [-0.15, -0.1) is 0 Å². The third kappa shape index (κ3) is 3.16. The predicted molar refractivity (Wildman–Crippen MR) is 92.5 cm³/mol. The molecule has 4 unspecified atom stereocenters. The molecule has 0 radical (unpaired) electrons. The largest absolute Gasteiger partial charge is 0.392 e. The van der Waals surface area contributed by atoms with E-state index in [1.807, 2.05) is 30.3 Å². The molecule has 3 aliphatic rings. The van der Waals surface area contributed by atoms with Crippen molar-refractivity contribution in [3.05, 3.63) is 35.9 Å². The van der Waals surface area contributed by atoms with E-state index in [1.165, 1.54) is 0 Å². The quantitative estimate of drug-likeness (QED) is 0.784. The van der Waals surface area contributed by atoms with Crippen LogP contribution >= 0.6 is 0 Å². The van der Waals surface area contributed by atoms with Gasteiger partial charge < -0.3 is 15.3 Å². The highest BCUT2D eigenvalue weighted by atomic mass is 16.3. The number of rotatable bonds is 3. The summed E-state index contributed by atoms with van der Waals surface area (Å²) in [6, 6.07) is 10.0. The van der Waals surface area contributed by atoms with Crippen molar-refractivity contribution in [2.75, 3.05) is 13.1 Å². The zero-order valence-corrected chi connectivity index (χ0v) is 14.3. The highest BCUT2D eigenvalue weighted by Crippen LogP contribution is 2.32. The fraction of sp³-hybridized carbons (Fsp3) is 0.579. The predicted octanol–water partition coefficient (Wildman–Crippen LogP) is 0.501. The van der Waals surface area contributed by atoms with Crippen LogP contribution in [0.3, 0.4) is 0 Å². The molecule has 2 amide bonds. The smallest absolute Gasteiger partial charge is 0.312 e.